The Bertz CT molecular complexity index is 729. The van der Waals surface area contributed by atoms with Crippen molar-refractivity contribution in [2.75, 3.05) is 23.5 Å². The average molecular weight is 352 g/mol. The maximum atomic E-state index is 11.2. The molecule has 2 aromatic rings. The molecule has 0 bridgehead atoms. The lowest BCUT2D eigenvalue weighted by atomic mass is 10.2. The molecule has 0 unspecified atom stereocenters. The molecule has 116 valence electrons. The molecular formula is C16H17NO2S3. The quantitative estimate of drug-likeness (QED) is 0.590. The summed E-state index contributed by atoms with van der Waals surface area (Å²) in [4.78, 5) is 4.79. The summed E-state index contributed by atoms with van der Waals surface area (Å²) >= 11 is 1.79. The molecular weight excluding hydrogens is 334 g/mol. The van der Waals surface area contributed by atoms with Crippen LogP contribution in [-0.4, -0.2) is 27.0 Å². The van der Waals surface area contributed by atoms with Crippen LogP contribution in [0.15, 0.2) is 58.3 Å². The summed E-state index contributed by atoms with van der Waals surface area (Å²) < 4.78 is 22.5. The van der Waals surface area contributed by atoms with Gasteiger partial charge in [0.1, 0.15) is 0 Å². The van der Waals surface area contributed by atoms with Crippen molar-refractivity contribution in [2.45, 2.75) is 16.2 Å². The Morgan fingerprint density at radius 3 is 2.09 bits per heavy atom. The fraction of sp³-hybridized carbons (Fsp3) is 0.250. The predicted molar refractivity (Wildman–Crippen MR) is 95.9 cm³/mol. The highest BCUT2D eigenvalue weighted by molar-refractivity contribution is 8.71. The van der Waals surface area contributed by atoms with Gasteiger partial charge in [-0.15, -0.1) is 0 Å². The molecule has 0 aliphatic carbocycles. The van der Waals surface area contributed by atoms with Gasteiger partial charge in [-0.05, 0) is 41.5 Å². The van der Waals surface area contributed by atoms with Gasteiger partial charge >= 0.3 is 0 Å². The first-order valence-electron chi connectivity index (χ1n) is 7.02. The van der Waals surface area contributed by atoms with Crippen LogP contribution in [0.4, 0.5) is 11.4 Å². The number of hydrogen-bond donors (Lipinski definition) is 0. The van der Waals surface area contributed by atoms with Gasteiger partial charge in [-0.2, -0.15) is 0 Å². The van der Waals surface area contributed by atoms with Crippen molar-refractivity contribution in [3.8, 4) is 0 Å². The number of anilines is 2. The average Bonchev–Trinajstić information content (AvgIpc) is 2.49. The van der Waals surface area contributed by atoms with E-state index < -0.39 is 8.87 Å². The lowest BCUT2D eigenvalue weighted by Gasteiger charge is -2.32. The SMILES string of the molecule is CS(=O)(=O)SCCCN1c2ccccc2Sc2ccccc21. The van der Waals surface area contributed by atoms with E-state index in [1.165, 1.54) is 27.4 Å². The van der Waals surface area contributed by atoms with Gasteiger partial charge in [-0.1, -0.05) is 36.0 Å². The second-order valence-corrected chi connectivity index (χ2v) is 10.7. The standard InChI is InChI=1S/C16H17NO2S3/c1-22(18,19)20-12-6-11-17-13-7-2-4-9-15(13)21-16-10-5-3-8-14(16)17/h2-5,7-10H,6,11-12H2,1H3. The summed E-state index contributed by atoms with van der Waals surface area (Å²) in [7, 11) is -1.93. The van der Waals surface area contributed by atoms with Crippen LogP contribution in [0.3, 0.4) is 0 Å². The first-order chi connectivity index (χ1) is 10.5. The lowest BCUT2D eigenvalue weighted by molar-refractivity contribution is 0.615. The fourth-order valence-corrected chi connectivity index (χ4v) is 5.36. The summed E-state index contributed by atoms with van der Waals surface area (Å²) in [6, 6.07) is 16.7. The lowest BCUT2D eigenvalue weighted by Crippen LogP contribution is -2.22. The van der Waals surface area contributed by atoms with Gasteiger partial charge < -0.3 is 4.90 Å². The number of nitrogens with zero attached hydrogens (tertiary/aromatic N) is 1. The topological polar surface area (TPSA) is 37.4 Å². The maximum absolute atomic E-state index is 11.2. The molecule has 0 aromatic heterocycles. The van der Waals surface area contributed by atoms with E-state index in [1.54, 1.807) is 11.8 Å². The fourth-order valence-electron chi connectivity index (χ4n) is 2.46. The summed E-state index contributed by atoms with van der Waals surface area (Å²) in [5.74, 6) is 0.618. The van der Waals surface area contributed by atoms with Crippen LogP contribution in [0, 0.1) is 0 Å². The Morgan fingerprint density at radius 2 is 1.55 bits per heavy atom. The number of hydrogen-bond acceptors (Lipinski definition) is 5. The van der Waals surface area contributed by atoms with Crippen molar-refractivity contribution in [2.24, 2.45) is 0 Å². The molecule has 3 nitrogen and oxygen atoms in total. The largest absolute Gasteiger partial charge is 0.340 e. The van der Waals surface area contributed by atoms with Crippen LogP contribution in [0.2, 0.25) is 0 Å². The Labute approximate surface area is 139 Å². The summed E-state index contributed by atoms with van der Waals surface area (Å²) in [5, 5.41) is 0. The molecule has 0 radical (unpaired) electrons. The van der Waals surface area contributed by atoms with Crippen molar-refractivity contribution in [3.63, 3.8) is 0 Å². The zero-order valence-electron chi connectivity index (χ0n) is 12.2. The normalized spacial score (nSPS) is 13.6. The third kappa shape index (κ3) is 3.62. The number of fused-ring (bicyclic) bond motifs is 2. The van der Waals surface area contributed by atoms with Crippen molar-refractivity contribution >= 4 is 42.8 Å². The van der Waals surface area contributed by atoms with Crippen LogP contribution in [0.5, 0.6) is 0 Å². The molecule has 1 heterocycles. The second-order valence-electron chi connectivity index (χ2n) is 5.07. The van der Waals surface area contributed by atoms with Gasteiger partial charge in [0.25, 0.3) is 0 Å². The highest BCUT2D eigenvalue weighted by Gasteiger charge is 2.22. The molecule has 22 heavy (non-hydrogen) atoms. The summed E-state index contributed by atoms with van der Waals surface area (Å²) in [6.45, 7) is 0.817. The van der Waals surface area contributed by atoms with E-state index in [0.717, 1.165) is 23.8 Å². The molecule has 1 aliphatic rings. The van der Waals surface area contributed by atoms with Gasteiger partial charge in [0, 0.05) is 28.3 Å². The van der Waals surface area contributed by atoms with E-state index in [-0.39, 0.29) is 0 Å². The molecule has 0 saturated heterocycles. The summed E-state index contributed by atoms with van der Waals surface area (Å²) in [6.07, 6.45) is 2.09. The molecule has 0 amide bonds. The Morgan fingerprint density at radius 1 is 1.00 bits per heavy atom. The van der Waals surface area contributed by atoms with Crippen molar-refractivity contribution in [1.82, 2.24) is 0 Å². The Hall–Kier alpha value is -1.11. The Kier molecular flexibility index (Phi) is 4.70. The van der Waals surface area contributed by atoms with Crippen molar-refractivity contribution < 1.29 is 8.42 Å². The van der Waals surface area contributed by atoms with Crippen molar-refractivity contribution in [1.29, 1.82) is 0 Å². The predicted octanol–water partition coefficient (Wildman–Crippen LogP) is 4.37. The molecule has 0 N–H and O–H groups in total. The van der Waals surface area contributed by atoms with E-state index >= 15 is 0 Å². The molecule has 0 atom stereocenters. The smallest absolute Gasteiger partial charge is 0.198 e. The van der Waals surface area contributed by atoms with E-state index in [2.05, 4.69) is 41.3 Å². The van der Waals surface area contributed by atoms with E-state index in [0.29, 0.717) is 5.75 Å². The number of para-hydroxylation sites is 2. The number of benzene rings is 2. The monoisotopic (exact) mass is 351 g/mol. The van der Waals surface area contributed by atoms with Crippen LogP contribution >= 0.6 is 22.6 Å². The molecule has 2 aromatic carbocycles. The molecule has 3 rings (SSSR count). The summed E-state index contributed by atoms with van der Waals surface area (Å²) in [5.41, 5.74) is 2.41. The van der Waals surface area contributed by atoms with Gasteiger partial charge in [0.15, 0.2) is 8.87 Å². The van der Waals surface area contributed by atoms with Crippen LogP contribution in [-0.2, 0) is 8.87 Å². The second kappa shape index (κ2) is 6.56. The third-order valence-corrected chi connectivity index (χ3v) is 7.15. The molecule has 1 aliphatic heterocycles. The van der Waals surface area contributed by atoms with Gasteiger partial charge in [-0.25, -0.2) is 8.42 Å². The van der Waals surface area contributed by atoms with E-state index in [4.69, 9.17) is 0 Å². The zero-order valence-corrected chi connectivity index (χ0v) is 14.7. The molecule has 0 saturated carbocycles. The first kappa shape index (κ1) is 15.8. The van der Waals surface area contributed by atoms with Crippen molar-refractivity contribution in [3.05, 3.63) is 48.5 Å². The van der Waals surface area contributed by atoms with Crippen LogP contribution in [0.25, 0.3) is 0 Å². The molecule has 0 fully saturated rings. The maximum Gasteiger partial charge on any atom is 0.198 e. The highest BCUT2D eigenvalue weighted by atomic mass is 33.1. The third-order valence-electron chi connectivity index (χ3n) is 3.36. The van der Waals surface area contributed by atoms with Crippen LogP contribution in [0.1, 0.15) is 6.42 Å². The Balaban J connectivity index is 1.81. The van der Waals surface area contributed by atoms with Gasteiger partial charge in [0.05, 0.1) is 11.4 Å². The van der Waals surface area contributed by atoms with Gasteiger partial charge in [0.2, 0.25) is 0 Å². The highest BCUT2D eigenvalue weighted by Crippen LogP contribution is 2.47. The molecule has 0 spiro atoms. The van der Waals surface area contributed by atoms with E-state index in [1.807, 2.05) is 12.1 Å². The first-order valence-corrected chi connectivity index (χ1v) is 11.2. The van der Waals surface area contributed by atoms with Gasteiger partial charge in [-0.3, -0.25) is 0 Å². The van der Waals surface area contributed by atoms with Crippen LogP contribution < -0.4 is 4.90 Å². The minimum atomic E-state index is -2.95. The number of rotatable bonds is 5. The minimum absolute atomic E-state index is 0.618. The minimum Gasteiger partial charge on any atom is -0.340 e. The zero-order chi connectivity index (χ0) is 15.6. The molecule has 6 heteroatoms. The van der Waals surface area contributed by atoms with E-state index in [9.17, 15) is 8.42 Å².